The maximum atomic E-state index is 3.74. The Bertz CT molecular complexity index is 560. The largest absolute Gasteiger partial charge is 0.314 e. The molecular formula is C20H29N. The summed E-state index contributed by atoms with van der Waals surface area (Å²) in [6, 6.07) is 15.9. The van der Waals surface area contributed by atoms with Crippen LogP contribution in [0.5, 0.6) is 0 Å². The molecule has 114 valence electrons. The molecule has 0 spiro atoms. The van der Waals surface area contributed by atoms with Gasteiger partial charge in [0.15, 0.2) is 0 Å². The van der Waals surface area contributed by atoms with Crippen molar-refractivity contribution in [2.24, 2.45) is 5.41 Å². The van der Waals surface area contributed by atoms with E-state index in [1.807, 2.05) is 0 Å². The van der Waals surface area contributed by atoms with Gasteiger partial charge in [-0.3, -0.25) is 0 Å². The smallest absolute Gasteiger partial charge is 0.0113 e. The molecule has 0 aliphatic heterocycles. The maximum absolute atomic E-state index is 3.74. The molecule has 0 amide bonds. The van der Waals surface area contributed by atoms with Gasteiger partial charge in [0.1, 0.15) is 0 Å². The Kier molecular flexibility index (Phi) is 5.41. The van der Waals surface area contributed by atoms with E-state index in [0.717, 1.165) is 13.0 Å². The molecule has 0 saturated carbocycles. The Labute approximate surface area is 129 Å². The lowest BCUT2D eigenvalue weighted by atomic mass is 9.85. The average molecular weight is 283 g/mol. The molecule has 0 aromatic heterocycles. The molecule has 0 bridgehead atoms. The zero-order valence-corrected chi connectivity index (χ0v) is 13.9. The van der Waals surface area contributed by atoms with Crippen molar-refractivity contribution >= 4 is 10.8 Å². The van der Waals surface area contributed by atoms with Crippen LogP contribution in [0.4, 0.5) is 0 Å². The zero-order valence-electron chi connectivity index (χ0n) is 13.9. The normalized spacial score (nSPS) is 13.5. The average Bonchev–Trinajstić information content (AvgIpc) is 2.43. The van der Waals surface area contributed by atoms with Crippen molar-refractivity contribution in [1.82, 2.24) is 5.32 Å². The Morgan fingerprint density at radius 1 is 1.00 bits per heavy atom. The summed E-state index contributed by atoms with van der Waals surface area (Å²) in [5.74, 6) is 0. The van der Waals surface area contributed by atoms with Gasteiger partial charge in [-0.25, -0.2) is 0 Å². The summed E-state index contributed by atoms with van der Waals surface area (Å²) >= 11 is 0. The highest BCUT2D eigenvalue weighted by molar-refractivity contribution is 5.85. The Morgan fingerprint density at radius 2 is 1.71 bits per heavy atom. The van der Waals surface area contributed by atoms with Gasteiger partial charge in [0.05, 0.1) is 0 Å². The van der Waals surface area contributed by atoms with E-state index in [2.05, 4.69) is 75.5 Å². The number of fused-ring (bicyclic) bond motifs is 1. The molecule has 0 aliphatic carbocycles. The molecule has 2 aromatic rings. The van der Waals surface area contributed by atoms with Crippen LogP contribution in [0, 0.1) is 5.41 Å². The van der Waals surface area contributed by atoms with Gasteiger partial charge in [-0.1, -0.05) is 70.2 Å². The molecule has 0 radical (unpaired) electrons. The van der Waals surface area contributed by atoms with E-state index >= 15 is 0 Å². The minimum Gasteiger partial charge on any atom is -0.314 e. The lowest BCUT2D eigenvalue weighted by Crippen LogP contribution is -2.35. The third-order valence-electron chi connectivity index (χ3n) is 3.89. The Morgan fingerprint density at radius 3 is 2.43 bits per heavy atom. The number of benzene rings is 2. The second-order valence-electron chi connectivity index (χ2n) is 7.26. The molecule has 1 nitrogen and oxygen atoms in total. The van der Waals surface area contributed by atoms with E-state index in [-0.39, 0.29) is 0 Å². The van der Waals surface area contributed by atoms with E-state index in [4.69, 9.17) is 0 Å². The molecule has 21 heavy (non-hydrogen) atoms. The highest BCUT2D eigenvalue weighted by Crippen LogP contribution is 2.25. The van der Waals surface area contributed by atoms with Crippen LogP contribution in [-0.2, 0) is 6.42 Å². The van der Waals surface area contributed by atoms with E-state index < -0.39 is 0 Å². The van der Waals surface area contributed by atoms with Crippen LogP contribution in [0.1, 0.15) is 46.1 Å². The topological polar surface area (TPSA) is 12.0 Å². The van der Waals surface area contributed by atoms with E-state index in [0.29, 0.717) is 11.5 Å². The van der Waals surface area contributed by atoms with Crippen molar-refractivity contribution in [3.05, 3.63) is 48.0 Å². The molecular weight excluding hydrogens is 254 g/mol. The first-order valence-electron chi connectivity index (χ1n) is 8.19. The zero-order chi connectivity index (χ0) is 15.3. The van der Waals surface area contributed by atoms with Crippen molar-refractivity contribution in [3.8, 4) is 0 Å². The first-order valence-corrected chi connectivity index (χ1v) is 8.19. The SMILES string of the molecule is CCCNC(Cc1cccc2ccccc12)CC(C)(C)C. The monoisotopic (exact) mass is 283 g/mol. The van der Waals surface area contributed by atoms with Gasteiger partial charge in [-0.05, 0) is 47.6 Å². The van der Waals surface area contributed by atoms with Gasteiger partial charge in [0.25, 0.3) is 0 Å². The Hall–Kier alpha value is -1.34. The Balaban J connectivity index is 2.21. The van der Waals surface area contributed by atoms with Crippen LogP contribution >= 0.6 is 0 Å². The molecule has 0 heterocycles. The maximum Gasteiger partial charge on any atom is 0.0113 e. The van der Waals surface area contributed by atoms with Crippen LogP contribution in [0.25, 0.3) is 10.8 Å². The third kappa shape index (κ3) is 4.86. The fraction of sp³-hybridized carbons (Fsp3) is 0.500. The lowest BCUT2D eigenvalue weighted by Gasteiger charge is -2.27. The predicted octanol–water partition coefficient (Wildman–Crippen LogP) is 5.19. The molecule has 1 heteroatoms. The van der Waals surface area contributed by atoms with E-state index in [9.17, 15) is 0 Å². The number of rotatable bonds is 6. The van der Waals surface area contributed by atoms with E-state index in [1.165, 1.54) is 29.2 Å². The fourth-order valence-electron chi connectivity index (χ4n) is 3.04. The summed E-state index contributed by atoms with van der Waals surface area (Å²) in [5, 5.41) is 6.49. The van der Waals surface area contributed by atoms with E-state index in [1.54, 1.807) is 0 Å². The second-order valence-corrected chi connectivity index (χ2v) is 7.26. The summed E-state index contributed by atoms with van der Waals surface area (Å²) in [7, 11) is 0. The quantitative estimate of drug-likeness (QED) is 0.769. The fourth-order valence-corrected chi connectivity index (χ4v) is 3.04. The lowest BCUT2D eigenvalue weighted by molar-refractivity contribution is 0.307. The molecule has 0 saturated heterocycles. The first-order chi connectivity index (χ1) is 9.99. The van der Waals surface area contributed by atoms with Gasteiger partial charge in [0.2, 0.25) is 0 Å². The minimum atomic E-state index is 0.357. The summed E-state index contributed by atoms with van der Waals surface area (Å²) < 4.78 is 0. The predicted molar refractivity (Wildman–Crippen MR) is 93.8 cm³/mol. The van der Waals surface area contributed by atoms with Crippen LogP contribution < -0.4 is 5.32 Å². The van der Waals surface area contributed by atoms with Gasteiger partial charge in [0, 0.05) is 6.04 Å². The molecule has 2 aromatic carbocycles. The number of hydrogen-bond acceptors (Lipinski definition) is 1. The van der Waals surface area contributed by atoms with Gasteiger partial charge >= 0.3 is 0 Å². The van der Waals surface area contributed by atoms with Gasteiger partial charge < -0.3 is 5.32 Å². The van der Waals surface area contributed by atoms with Crippen molar-refractivity contribution in [1.29, 1.82) is 0 Å². The molecule has 1 atom stereocenters. The van der Waals surface area contributed by atoms with Gasteiger partial charge in [-0.2, -0.15) is 0 Å². The van der Waals surface area contributed by atoms with Crippen molar-refractivity contribution in [2.45, 2.75) is 53.0 Å². The van der Waals surface area contributed by atoms with Crippen molar-refractivity contribution in [3.63, 3.8) is 0 Å². The number of nitrogens with one attached hydrogen (secondary N) is 1. The molecule has 1 unspecified atom stereocenters. The molecule has 0 fully saturated rings. The summed E-state index contributed by atoms with van der Waals surface area (Å²) in [5.41, 5.74) is 1.82. The third-order valence-corrected chi connectivity index (χ3v) is 3.89. The van der Waals surface area contributed by atoms with Crippen molar-refractivity contribution < 1.29 is 0 Å². The van der Waals surface area contributed by atoms with Crippen LogP contribution in [0.3, 0.4) is 0 Å². The summed E-state index contributed by atoms with van der Waals surface area (Å²) in [6.07, 6.45) is 3.50. The molecule has 0 aliphatic rings. The van der Waals surface area contributed by atoms with Crippen LogP contribution in [0.2, 0.25) is 0 Å². The highest BCUT2D eigenvalue weighted by atomic mass is 14.9. The van der Waals surface area contributed by atoms with Crippen LogP contribution in [0.15, 0.2) is 42.5 Å². The number of hydrogen-bond donors (Lipinski definition) is 1. The highest BCUT2D eigenvalue weighted by Gasteiger charge is 2.19. The van der Waals surface area contributed by atoms with Gasteiger partial charge in [-0.15, -0.1) is 0 Å². The summed E-state index contributed by atoms with van der Waals surface area (Å²) in [4.78, 5) is 0. The first kappa shape index (κ1) is 16.0. The van der Waals surface area contributed by atoms with Crippen molar-refractivity contribution in [2.75, 3.05) is 6.54 Å². The van der Waals surface area contributed by atoms with Crippen LogP contribution in [-0.4, -0.2) is 12.6 Å². The minimum absolute atomic E-state index is 0.357. The molecule has 1 N–H and O–H groups in total. The molecule has 2 rings (SSSR count). The second kappa shape index (κ2) is 7.09. The summed E-state index contributed by atoms with van der Waals surface area (Å²) in [6.45, 7) is 10.3. The standard InChI is InChI=1S/C20H29N/c1-5-13-21-18(15-20(2,3)4)14-17-11-8-10-16-9-6-7-12-19(16)17/h6-12,18,21H,5,13-15H2,1-4H3.